The first kappa shape index (κ1) is 17.8. The molecule has 2 N–H and O–H groups in total. The maximum atomic E-state index is 12.4. The predicted octanol–water partition coefficient (Wildman–Crippen LogP) is 2.02. The summed E-state index contributed by atoms with van der Waals surface area (Å²) in [5.41, 5.74) is 7.55. The van der Waals surface area contributed by atoms with E-state index in [1.165, 1.54) is 6.26 Å². The number of fused-ring (bicyclic) bond motifs is 1. The standard InChI is InChI=1S/C21H24N3O3/c22-20(25)19-6-2-1-4-15(19)5-3-8-23-10-17-12-24(13-18(17)11-23)21(26)16-7-9-27-14-16/h1-2,4-7,9,14,17-18H,3,8,10-13H2,(H2,22,25)/t17-,18?/m0/s1. The highest BCUT2D eigenvalue weighted by molar-refractivity contribution is 5.95. The van der Waals surface area contributed by atoms with Crippen molar-refractivity contribution in [3.8, 4) is 0 Å². The van der Waals surface area contributed by atoms with Crippen LogP contribution in [-0.2, 0) is 0 Å². The Bertz CT molecular complexity index is 804. The van der Waals surface area contributed by atoms with Crippen molar-refractivity contribution in [2.24, 2.45) is 17.6 Å². The summed E-state index contributed by atoms with van der Waals surface area (Å²) in [6.45, 7) is 4.63. The van der Waals surface area contributed by atoms with Crippen LogP contribution in [0.2, 0.25) is 0 Å². The predicted molar refractivity (Wildman–Crippen MR) is 101 cm³/mol. The van der Waals surface area contributed by atoms with Crippen LogP contribution in [0.4, 0.5) is 0 Å². The zero-order valence-corrected chi connectivity index (χ0v) is 15.2. The fourth-order valence-electron chi connectivity index (χ4n) is 4.31. The number of amides is 2. The van der Waals surface area contributed by atoms with Gasteiger partial charge in [0.15, 0.2) is 0 Å². The van der Waals surface area contributed by atoms with Crippen molar-refractivity contribution in [2.45, 2.75) is 6.42 Å². The van der Waals surface area contributed by atoms with Crippen LogP contribution in [0.3, 0.4) is 0 Å². The van der Waals surface area contributed by atoms with Gasteiger partial charge in [0.25, 0.3) is 5.91 Å². The third kappa shape index (κ3) is 3.76. The summed E-state index contributed by atoms with van der Waals surface area (Å²) in [7, 11) is 0. The number of hydrogen-bond acceptors (Lipinski definition) is 4. The van der Waals surface area contributed by atoms with Crippen LogP contribution >= 0.6 is 0 Å². The maximum Gasteiger partial charge on any atom is 0.257 e. The van der Waals surface area contributed by atoms with Crippen LogP contribution in [0.25, 0.3) is 0 Å². The Morgan fingerprint density at radius 1 is 1.11 bits per heavy atom. The molecule has 6 nitrogen and oxygen atoms in total. The summed E-state index contributed by atoms with van der Waals surface area (Å²) in [5.74, 6) is 0.763. The Kier molecular flexibility index (Phi) is 4.99. The molecule has 6 heteroatoms. The lowest BCUT2D eigenvalue weighted by molar-refractivity contribution is 0.0773. The molecule has 0 aliphatic carbocycles. The molecule has 2 aliphatic heterocycles. The van der Waals surface area contributed by atoms with Crippen LogP contribution in [0, 0.1) is 18.3 Å². The number of nitrogens with zero attached hydrogens (tertiary/aromatic N) is 2. The molecule has 141 valence electrons. The number of primary amides is 1. The van der Waals surface area contributed by atoms with Crippen LogP contribution in [0.1, 0.15) is 32.7 Å². The van der Waals surface area contributed by atoms with E-state index >= 15 is 0 Å². The molecule has 1 aromatic heterocycles. The van der Waals surface area contributed by atoms with E-state index in [0.717, 1.165) is 44.7 Å². The lowest BCUT2D eigenvalue weighted by atomic mass is 10.0. The van der Waals surface area contributed by atoms with E-state index < -0.39 is 0 Å². The van der Waals surface area contributed by atoms with Crippen LogP contribution in [0.5, 0.6) is 0 Å². The van der Waals surface area contributed by atoms with Crippen molar-refractivity contribution in [1.82, 2.24) is 9.80 Å². The molecule has 1 aromatic carbocycles. The van der Waals surface area contributed by atoms with Crippen LogP contribution < -0.4 is 5.73 Å². The van der Waals surface area contributed by atoms with Crippen molar-refractivity contribution in [3.05, 3.63) is 66.0 Å². The molecule has 2 atom stereocenters. The normalized spacial score (nSPS) is 22.1. The number of hydrogen-bond donors (Lipinski definition) is 1. The second kappa shape index (κ2) is 7.56. The Labute approximate surface area is 158 Å². The van der Waals surface area contributed by atoms with E-state index in [9.17, 15) is 9.59 Å². The summed E-state index contributed by atoms with van der Waals surface area (Å²) in [4.78, 5) is 28.4. The molecular weight excluding hydrogens is 342 g/mol. The first-order valence-corrected chi connectivity index (χ1v) is 9.37. The average Bonchev–Trinajstić information content (AvgIpc) is 3.38. The largest absolute Gasteiger partial charge is 0.472 e. The lowest BCUT2D eigenvalue weighted by Crippen LogP contribution is -2.33. The Balaban J connectivity index is 1.25. The molecular formula is C21H24N3O3. The van der Waals surface area contributed by atoms with Gasteiger partial charge < -0.3 is 20.0 Å². The van der Waals surface area contributed by atoms with Gasteiger partial charge in [-0.1, -0.05) is 18.2 Å². The topological polar surface area (TPSA) is 79.8 Å². The maximum absolute atomic E-state index is 12.4. The summed E-state index contributed by atoms with van der Waals surface area (Å²) < 4.78 is 5.02. The molecule has 0 spiro atoms. The molecule has 0 saturated carbocycles. The Morgan fingerprint density at radius 2 is 1.85 bits per heavy atom. The van der Waals surface area contributed by atoms with Gasteiger partial charge in [-0.15, -0.1) is 0 Å². The minimum atomic E-state index is -0.389. The number of nitrogens with two attached hydrogens (primary N) is 1. The molecule has 2 saturated heterocycles. The number of carbonyl (C=O) groups excluding carboxylic acids is 2. The van der Waals surface area contributed by atoms with Crippen molar-refractivity contribution < 1.29 is 14.0 Å². The highest BCUT2D eigenvalue weighted by Crippen LogP contribution is 2.32. The van der Waals surface area contributed by atoms with Gasteiger partial charge in [-0.3, -0.25) is 9.59 Å². The summed E-state index contributed by atoms with van der Waals surface area (Å²) in [5, 5.41) is 0. The second-order valence-corrected chi connectivity index (χ2v) is 7.45. The third-order valence-corrected chi connectivity index (χ3v) is 5.65. The molecule has 1 radical (unpaired) electrons. The fourth-order valence-corrected chi connectivity index (χ4v) is 4.31. The van der Waals surface area contributed by atoms with E-state index in [1.54, 1.807) is 18.4 Å². The van der Waals surface area contributed by atoms with Gasteiger partial charge in [-0.2, -0.15) is 0 Å². The lowest BCUT2D eigenvalue weighted by Gasteiger charge is -2.21. The quantitative estimate of drug-likeness (QED) is 0.848. The van der Waals surface area contributed by atoms with E-state index in [1.807, 2.05) is 23.1 Å². The molecule has 3 heterocycles. The van der Waals surface area contributed by atoms with Gasteiger partial charge in [0.2, 0.25) is 5.91 Å². The molecule has 2 aliphatic rings. The number of furan rings is 1. The minimum absolute atomic E-state index is 0.0705. The first-order chi connectivity index (χ1) is 13.1. The van der Waals surface area contributed by atoms with Crippen molar-refractivity contribution >= 4 is 11.8 Å². The highest BCUT2D eigenvalue weighted by Gasteiger charge is 2.41. The van der Waals surface area contributed by atoms with Crippen molar-refractivity contribution in [2.75, 3.05) is 32.7 Å². The fraction of sp³-hybridized carbons (Fsp3) is 0.381. The van der Waals surface area contributed by atoms with Gasteiger partial charge in [-0.05, 0) is 48.9 Å². The SMILES string of the molecule is NC(=O)c1ccccc1[CH]CCN1CC2CN(C(=O)c3ccoc3)C[C@@H]2C1. The zero-order valence-electron chi connectivity index (χ0n) is 15.2. The average molecular weight is 366 g/mol. The zero-order chi connectivity index (χ0) is 18.8. The Hall–Kier alpha value is -2.60. The molecule has 0 bridgehead atoms. The molecule has 2 aromatic rings. The molecule has 2 amide bonds. The van der Waals surface area contributed by atoms with Gasteiger partial charge in [0.05, 0.1) is 11.8 Å². The second-order valence-electron chi connectivity index (χ2n) is 7.45. The van der Waals surface area contributed by atoms with E-state index in [-0.39, 0.29) is 11.8 Å². The van der Waals surface area contributed by atoms with Gasteiger partial charge in [0, 0.05) is 31.7 Å². The minimum Gasteiger partial charge on any atom is -0.472 e. The summed E-state index contributed by atoms with van der Waals surface area (Å²) in [6, 6.07) is 9.17. The summed E-state index contributed by atoms with van der Waals surface area (Å²) >= 11 is 0. The molecule has 1 unspecified atom stereocenters. The molecule has 27 heavy (non-hydrogen) atoms. The smallest absolute Gasteiger partial charge is 0.257 e. The van der Waals surface area contributed by atoms with E-state index in [4.69, 9.17) is 10.2 Å². The van der Waals surface area contributed by atoms with Gasteiger partial charge in [0.1, 0.15) is 6.26 Å². The van der Waals surface area contributed by atoms with E-state index in [0.29, 0.717) is 23.0 Å². The number of rotatable bonds is 6. The van der Waals surface area contributed by atoms with Crippen LogP contribution in [-0.4, -0.2) is 54.3 Å². The first-order valence-electron chi connectivity index (χ1n) is 9.37. The third-order valence-electron chi connectivity index (χ3n) is 5.65. The number of benzene rings is 1. The summed E-state index contributed by atoms with van der Waals surface area (Å²) in [6.07, 6.45) is 6.02. The number of carbonyl (C=O) groups is 2. The van der Waals surface area contributed by atoms with Crippen molar-refractivity contribution in [3.63, 3.8) is 0 Å². The molecule has 4 rings (SSSR count). The van der Waals surface area contributed by atoms with Gasteiger partial charge >= 0.3 is 0 Å². The molecule has 2 fully saturated rings. The van der Waals surface area contributed by atoms with E-state index in [2.05, 4.69) is 11.3 Å². The van der Waals surface area contributed by atoms with Crippen LogP contribution in [0.15, 0.2) is 47.3 Å². The van der Waals surface area contributed by atoms with Gasteiger partial charge in [-0.25, -0.2) is 0 Å². The monoisotopic (exact) mass is 366 g/mol. The number of likely N-dealkylation sites (tertiary alicyclic amines) is 2. The van der Waals surface area contributed by atoms with Crippen molar-refractivity contribution in [1.29, 1.82) is 0 Å². The Morgan fingerprint density at radius 3 is 2.52 bits per heavy atom. The highest BCUT2D eigenvalue weighted by atomic mass is 16.3.